The highest BCUT2D eigenvalue weighted by atomic mass is 16.5. The van der Waals surface area contributed by atoms with E-state index in [0.29, 0.717) is 35.2 Å². The van der Waals surface area contributed by atoms with E-state index in [1.165, 1.54) is 12.8 Å². The van der Waals surface area contributed by atoms with Gasteiger partial charge in [-0.15, -0.1) is 0 Å². The van der Waals surface area contributed by atoms with Gasteiger partial charge in [0.15, 0.2) is 5.78 Å². The molecule has 3 aliphatic rings. The number of carbonyl (C=O) groups is 2. The van der Waals surface area contributed by atoms with Crippen LogP contribution in [0.5, 0.6) is 5.75 Å². The first-order chi connectivity index (χ1) is 21.8. The van der Waals surface area contributed by atoms with Crippen molar-refractivity contribution >= 4 is 34.6 Å². The third kappa shape index (κ3) is 7.31. The van der Waals surface area contributed by atoms with Gasteiger partial charge in [0.2, 0.25) is 0 Å². The molecule has 1 N–H and O–H groups in total. The lowest BCUT2D eigenvalue weighted by Gasteiger charge is -2.42. The van der Waals surface area contributed by atoms with Crippen molar-refractivity contribution in [3.63, 3.8) is 0 Å². The number of benzene rings is 2. The number of hydrogen-bond donors (Lipinski definition) is 1. The van der Waals surface area contributed by atoms with E-state index in [1.807, 2.05) is 93.1 Å². The number of aromatic nitrogens is 1. The zero-order valence-corrected chi connectivity index (χ0v) is 27.7. The van der Waals surface area contributed by atoms with Gasteiger partial charge in [0.05, 0.1) is 17.5 Å². The average molecular weight is 613 g/mol. The van der Waals surface area contributed by atoms with E-state index in [9.17, 15) is 9.59 Å². The second kappa shape index (κ2) is 14.4. The molecule has 0 unspecified atom stereocenters. The molecule has 2 aromatic carbocycles. The van der Waals surface area contributed by atoms with Crippen LogP contribution in [0.15, 0.2) is 54.7 Å². The molecule has 2 fully saturated rings. The Morgan fingerprint density at radius 2 is 1.64 bits per heavy atom. The molecule has 1 amide bonds. The number of piperazine rings is 1. The van der Waals surface area contributed by atoms with E-state index in [-0.39, 0.29) is 17.8 Å². The predicted molar refractivity (Wildman–Crippen MR) is 182 cm³/mol. The van der Waals surface area contributed by atoms with E-state index < -0.39 is 0 Å². The normalized spacial score (nSPS) is 17.6. The van der Waals surface area contributed by atoms with Crippen LogP contribution in [0.25, 0.3) is 0 Å². The number of ether oxygens (including phenoxy) is 1. The maximum atomic E-state index is 13.6. The van der Waals surface area contributed by atoms with Crippen molar-refractivity contribution in [2.24, 2.45) is 0 Å². The van der Waals surface area contributed by atoms with Crippen LogP contribution in [0.1, 0.15) is 66.8 Å². The Balaban J connectivity index is 0.00000196. The molecule has 240 valence electrons. The largest absolute Gasteiger partial charge is 0.489 e. The third-order valence-electron chi connectivity index (χ3n) is 8.90. The number of likely N-dealkylation sites (tertiary alicyclic amines) is 1. The summed E-state index contributed by atoms with van der Waals surface area (Å²) in [6.45, 7) is 13.6. The maximum absolute atomic E-state index is 13.6. The van der Waals surface area contributed by atoms with Gasteiger partial charge >= 0.3 is 0 Å². The monoisotopic (exact) mass is 612 g/mol. The first-order valence-corrected chi connectivity index (χ1v) is 16.4. The molecular weight excluding hydrogens is 564 g/mol. The molecule has 0 radical (unpaired) electrons. The summed E-state index contributed by atoms with van der Waals surface area (Å²) in [6, 6.07) is 15.9. The smallest absolute Gasteiger partial charge is 0.254 e. The number of nitrogens with one attached hydrogen (secondary N) is 1. The number of rotatable bonds is 6. The summed E-state index contributed by atoms with van der Waals surface area (Å²) in [4.78, 5) is 40.1. The summed E-state index contributed by atoms with van der Waals surface area (Å²) < 4.78 is 6.19. The van der Waals surface area contributed by atoms with E-state index in [0.717, 1.165) is 61.9 Å². The fourth-order valence-corrected chi connectivity index (χ4v) is 6.47. The molecule has 45 heavy (non-hydrogen) atoms. The van der Waals surface area contributed by atoms with Gasteiger partial charge in [0.25, 0.3) is 5.91 Å². The van der Waals surface area contributed by atoms with Crippen LogP contribution < -0.4 is 15.0 Å². The lowest BCUT2D eigenvalue weighted by Crippen LogP contribution is -2.54. The Hall–Kier alpha value is -3.95. The summed E-state index contributed by atoms with van der Waals surface area (Å²) >= 11 is 0. The van der Waals surface area contributed by atoms with Gasteiger partial charge in [-0.1, -0.05) is 26.0 Å². The number of fused-ring (bicyclic) bond motifs is 2. The van der Waals surface area contributed by atoms with Gasteiger partial charge < -0.3 is 24.8 Å². The van der Waals surface area contributed by atoms with Gasteiger partial charge in [-0.3, -0.25) is 14.5 Å². The Labute approximate surface area is 268 Å². The molecule has 1 aromatic heterocycles. The van der Waals surface area contributed by atoms with Crippen LogP contribution in [-0.4, -0.2) is 96.9 Å². The minimum absolute atomic E-state index is 0.0382. The Morgan fingerprint density at radius 1 is 0.933 bits per heavy atom. The van der Waals surface area contributed by atoms with Gasteiger partial charge in [0, 0.05) is 80.3 Å². The number of carbonyl (C=O) groups excluding carboxylic acids is 2. The second-order valence-electron chi connectivity index (χ2n) is 12.2. The van der Waals surface area contributed by atoms with E-state index in [1.54, 1.807) is 6.20 Å². The number of amides is 1. The maximum Gasteiger partial charge on any atom is 0.254 e. The molecule has 3 aromatic rings. The summed E-state index contributed by atoms with van der Waals surface area (Å²) in [5.74, 6) is 1.36. The molecule has 9 nitrogen and oxygen atoms in total. The molecule has 0 atom stereocenters. The van der Waals surface area contributed by atoms with Crippen molar-refractivity contribution in [2.45, 2.75) is 59.1 Å². The van der Waals surface area contributed by atoms with Gasteiger partial charge in [-0.2, -0.15) is 0 Å². The van der Waals surface area contributed by atoms with E-state index in [4.69, 9.17) is 4.74 Å². The number of ketones is 1. The summed E-state index contributed by atoms with van der Waals surface area (Å²) in [5.41, 5.74) is 4.75. The highest BCUT2D eigenvalue weighted by Gasteiger charge is 2.29. The standard InChI is InChI=1S/C34H42N6O3.C2H6/c1-23(2)43-32-20-24(34(42)40-17-15-39(16-18-40)26-11-13-37(3)14-12-26)9-10-28(32)36-33-21-30-25(22-35-33)19-31(41)27-7-5-6-8-29(27)38(30)4;1-2/h5-10,20-23,26H,11-19H2,1-4H3,(H,35,36);1-2H3. The molecule has 0 saturated carbocycles. The number of Topliss-reactive ketones (excluding diaryl/α,β-unsaturated/α-hetero) is 1. The zero-order valence-electron chi connectivity index (χ0n) is 27.7. The highest BCUT2D eigenvalue weighted by molar-refractivity contribution is 6.05. The SMILES string of the molecule is CC.CC(C)Oc1cc(C(=O)N2CCN(C3CCN(C)CC3)CC2)ccc1Nc1cc2c(cn1)CC(=O)c1ccccc1N2C. The summed E-state index contributed by atoms with van der Waals surface area (Å²) in [5, 5.41) is 3.41. The number of nitrogens with zero attached hydrogens (tertiary/aromatic N) is 5. The van der Waals surface area contributed by atoms with Crippen LogP contribution in [0.4, 0.5) is 22.9 Å². The van der Waals surface area contributed by atoms with E-state index >= 15 is 0 Å². The quantitative estimate of drug-likeness (QED) is 0.363. The van der Waals surface area contributed by atoms with Crippen molar-refractivity contribution in [2.75, 3.05) is 63.6 Å². The predicted octanol–water partition coefficient (Wildman–Crippen LogP) is 6.00. The topological polar surface area (TPSA) is 81.2 Å². The van der Waals surface area contributed by atoms with Crippen LogP contribution in [0.2, 0.25) is 0 Å². The lowest BCUT2D eigenvalue weighted by molar-refractivity contribution is 0.0474. The lowest BCUT2D eigenvalue weighted by atomic mass is 10.0. The molecule has 0 spiro atoms. The van der Waals surface area contributed by atoms with Gasteiger partial charge in [0.1, 0.15) is 11.6 Å². The first-order valence-electron chi connectivity index (χ1n) is 16.4. The molecule has 0 aliphatic carbocycles. The molecule has 4 heterocycles. The summed E-state index contributed by atoms with van der Waals surface area (Å²) in [6.07, 6.45) is 4.40. The van der Waals surface area contributed by atoms with Crippen molar-refractivity contribution in [3.8, 4) is 5.75 Å². The van der Waals surface area contributed by atoms with Crippen LogP contribution >= 0.6 is 0 Å². The minimum atomic E-state index is -0.0716. The van der Waals surface area contributed by atoms with E-state index in [2.05, 4.69) is 27.1 Å². The molecule has 2 saturated heterocycles. The molecule has 9 heteroatoms. The second-order valence-corrected chi connectivity index (χ2v) is 12.2. The molecule has 0 bridgehead atoms. The van der Waals surface area contributed by atoms with Crippen LogP contribution in [-0.2, 0) is 6.42 Å². The van der Waals surface area contributed by atoms with Gasteiger partial charge in [-0.05, 0) is 77.2 Å². The van der Waals surface area contributed by atoms with Crippen molar-refractivity contribution < 1.29 is 14.3 Å². The number of piperidine rings is 1. The average Bonchev–Trinajstić information content (AvgIpc) is 3.16. The number of anilines is 4. The Kier molecular flexibility index (Phi) is 10.4. The van der Waals surface area contributed by atoms with Crippen molar-refractivity contribution in [1.82, 2.24) is 19.7 Å². The Bertz CT molecular complexity index is 1490. The highest BCUT2D eigenvalue weighted by Crippen LogP contribution is 2.37. The molecule has 3 aliphatic heterocycles. The fraction of sp³-hybridized carbons (Fsp3) is 0.472. The fourth-order valence-electron chi connectivity index (χ4n) is 6.47. The number of pyridine rings is 1. The van der Waals surface area contributed by atoms with Crippen LogP contribution in [0.3, 0.4) is 0 Å². The minimum Gasteiger partial charge on any atom is -0.489 e. The number of hydrogen-bond acceptors (Lipinski definition) is 8. The first kappa shape index (κ1) is 32.4. The van der Waals surface area contributed by atoms with Crippen LogP contribution in [0, 0.1) is 0 Å². The number of para-hydroxylation sites is 1. The zero-order chi connectivity index (χ0) is 32.1. The Morgan fingerprint density at radius 3 is 2.36 bits per heavy atom. The van der Waals surface area contributed by atoms with Crippen molar-refractivity contribution in [3.05, 3.63) is 71.4 Å². The molecular formula is C36H48N6O3. The summed E-state index contributed by atoms with van der Waals surface area (Å²) in [7, 11) is 4.16. The molecule has 6 rings (SSSR count). The van der Waals surface area contributed by atoms with Gasteiger partial charge in [-0.25, -0.2) is 4.98 Å². The van der Waals surface area contributed by atoms with Crippen molar-refractivity contribution in [1.29, 1.82) is 0 Å². The third-order valence-corrected chi connectivity index (χ3v) is 8.90.